The van der Waals surface area contributed by atoms with E-state index in [4.69, 9.17) is 5.73 Å². The maximum absolute atomic E-state index is 12.5. The van der Waals surface area contributed by atoms with Gasteiger partial charge in [-0.2, -0.15) is 0 Å². The summed E-state index contributed by atoms with van der Waals surface area (Å²) in [6, 6.07) is 6.17. The first-order chi connectivity index (χ1) is 9.94. The second-order valence-corrected chi connectivity index (χ2v) is 5.32. The van der Waals surface area contributed by atoms with Crippen LogP contribution in [-0.2, 0) is 0 Å². The smallest absolute Gasteiger partial charge is 0.403 e. The number of para-hydroxylation sites is 1. The molecule has 1 aromatic carbocycles. The van der Waals surface area contributed by atoms with Gasteiger partial charge in [0.1, 0.15) is 5.52 Å². The van der Waals surface area contributed by atoms with Gasteiger partial charge in [-0.3, -0.25) is 0 Å². The number of pyridine rings is 1. The molecule has 2 N–H and O–H groups in total. The number of fused-ring (bicyclic) bond motifs is 1. The standard InChI is InChI=1S/C15H15F3N2O/c16-15(17,18)21-13-7-3-6-10-11(19)8-12(20-14(10)13)9-4-1-2-5-9/h3,6-9H,1-2,4-5H2,(H2,19,20). The lowest BCUT2D eigenvalue weighted by Crippen LogP contribution is -2.17. The van der Waals surface area contributed by atoms with Crippen LogP contribution in [0.15, 0.2) is 24.3 Å². The molecule has 3 nitrogen and oxygen atoms in total. The fourth-order valence-electron chi connectivity index (χ4n) is 2.91. The minimum Gasteiger partial charge on any atom is -0.403 e. The number of halogens is 3. The van der Waals surface area contributed by atoms with Crippen LogP contribution in [0.25, 0.3) is 10.9 Å². The summed E-state index contributed by atoms with van der Waals surface area (Å²) in [6.07, 6.45) is -0.509. The van der Waals surface area contributed by atoms with Gasteiger partial charge < -0.3 is 10.5 Å². The van der Waals surface area contributed by atoms with Crippen LogP contribution in [0, 0.1) is 0 Å². The summed E-state index contributed by atoms with van der Waals surface area (Å²) >= 11 is 0. The van der Waals surface area contributed by atoms with Gasteiger partial charge >= 0.3 is 6.36 Å². The maximum atomic E-state index is 12.5. The van der Waals surface area contributed by atoms with E-state index >= 15 is 0 Å². The molecule has 3 rings (SSSR count). The zero-order valence-electron chi connectivity index (χ0n) is 11.3. The molecule has 0 spiro atoms. The minimum atomic E-state index is -4.74. The minimum absolute atomic E-state index is 0.178. The SMILES string of the molecule is Nc1cc(C2CCCC2)nc2c(OC(F)(F)F)cccc12. The molecule has 1 saturated carbocycles. The molecule has 1 aliphatic rings. The lowest BCUT2D eigenvalue weighted by Gasteiger charge is -2.15. The maximum Gasteiger partial charge on any atom is 0.573 e. The summed E-state index contributed by atoms with van der Waals surface area (Å²) in [7, 11) is 0. The van der Waals surface area contributed by atoms with Gasteiger partial charge in [-0.25, -0.2) is 4.98 Å². The van der Waals surface area contributed by atoms with Crippen LogP contribution in [-0.4, -0.2) is 11.3 Å². The number of hydrogen-bond acceptors (Lipinski definition) is 3. The third-order valence-corrected chi connectivity index (χ3v) is 3.85. The Labute approximate surface area is 119 Å². The Kier molecular flexibility index (Phi) is 3.39. The van der Waals surface area contributed by atoms with E-state index in [0.717, 1.165) is 31.4 Å². The number of aromatic nitrogens is 1. The van der Waals surface area contributed by atoms with Crippen molar-refractivity contribution in [1.29, 1.82) is 0 Å². The van der Waals surface area contributed by atoms with Gasteiger partial charge in [0.25, 0.3) is 0 Å². The molecule has 0 amide bonds. The summed E-state index contributed by atoms with van der Waals surface area (Å²) in [5.41, 5.74) is 7.36. The average Bonchev–Trinajstić information content (AvgIpc) is 2.91. The number of rotatable bonds is 2. The zero-order valence-corrected chi connectivity index (χ0v) is 11.3. The summed E-state index contributed by atoms with van der Waals surface area (Å²) < 4.78 is 41.5. The van der Waals surface area contributed by atoms with Crippen LogP contribution >= 0.6 is 0 Å². The first kappa shape index (κ1) is 14.0. The Balaban J connectivity index is 2.11. The molecule has 1 aromatic heterocycles. The van der Waals surface area contributed by atoms with Crippen LogP contribution in [0.2, 0.25) is 0 Å². The second kappa shape index (κ2) is 5.09. The van der Waals surface area contributed by atoms with Crippen LogP contribution < -0.4 is 10.5 Å². The van der Waals surface area contributed by atoms with Crippen LogP contribution in [0.5, 0.6) is 5.75 Å². The number of nitrogens with zero attached hydrogens (tertiary/aromatic N) is 1. The van der Waals surface area contributed by atoms with Crippen molar-refractivity contribution in [2.24, 2.45) is 0 Å². The molecule has 1 fully saturated rings. The Morgan fingerprint density at radius 3 is 2.57 bits per heavy atom. The van der Waals surface area contributed by atoms with Crippen LogP contribution in [0.4, 0.5) is 18.9 Å². The quantitative estimate of drug-likeness (QED) is 0.895. The Hall–Kier alpha value is -1.98. The van der Waals surface area contributed by atoms with Gasteiger partial charge in [0.05, 0.1) is 0 Å². The van der Waals surface area contributed by atoms with Crippen molar-refractivity contribution in [3.05, 3.63) is 30.0 Å². The molecule has 2 aromatic rings. The van der Waals surface area contributed by atoms with Crippen molar-refractivity contribution in [1.82, 2.24) is 4.98 Å². The summed E-state index contributed by atoms with van der Waals surface area (Å²) in [4.78, 5) is 4.40. The van der Waals surface area contributed by atoms with Gasteiger partial charge in [0.2, 0.25) is 0 Å². The summed E-state index contributed by atoms with van der Waals surface area (Å²) in [5.74, 6) is -0.0258. The van der Waals surface area contributed by atoms with Gasteiger partial charge in [-0.1, -0.05) is 25.0 Å². The normalized spacial score (nSPS) is 16.5. The van der Waals surface area contributed by atoms with Crippen LogP contribution in [0.1, 0.15) is 37.3 Å². The molecule has 0 atom stereocenters. The van der Waals surface area contributed by atoms with E-state index in [1.807, 2.05) is 0 Å². The fourth-order valence-corrected chi connectivity index (χ4v) is 2.91. The summed E-state index contributed by atoms with van der Waals surface area (Å²) in [5, 5.41) is 0.485. The van der Waals surface area contributed by atoms with Crippen molar-refractivity contribution in [2.45, 2.75) is 38.0 Å². The van der Waals surface area contributed by atoms with E-state index in [9.17, 15) is 13.2 Å². The lowest BCUT2D eigenvalue weighted by molar-refractivity contribution is -0.274. The Morgan fingerprint density at radius 2 is 1.90 bits per heavy atom. The van der Waals surface area contributed by atoms with Gasteiger partial charge in [-0.15, -0.1) is 13.2 Å². The predicted molar refractivity (Wildman–Crippen MR) is 74.0 cm³/mol. The monoisotopic (exact) mass is 296 g/mol. The number of anilines is 1. The molecule has 112 valence electrons. The van der Waals surface area contributed by atoms with Gasteiger partial charge in [-0.05, 0) is 25.0 Å². The predicted octanol–water partition coefficient (Wildman–Crippen LogP) is 4.37. The topological polar surface area (TPSA) is 48.1 Å². The number of nitrogen functional groups attached to an aromatic ring is 1. The molecule has 6 heteroatoms. The molecular formula is C15H15F3N2O. The van der Waals surface area contributed by atoms with Crippen molar-refractivity contribution >= 4 is 16.6 Å². The van der Waals surface area contributed by atoms with Crippen molar-refractivity contribution in [2.75, 3.05) is 5.73 Å². The Morgan fingerprint density at radius 1 is 1.19 bits per heavy atom. The largest absolute Gasteiger partial charge is 0.573 e. The highest BCUT2D eigenvalue weighted by Gasteiger charge is 2.32. The molecule has 0 bridgehead atoms. The molecule has 1 aliphatic carbocycles. The van der Waals surface area contributed by atoms with Crippen molar-refractivity contribution < 1.29 is 17.9 Å². The van der Waals surface area contributed by atoms with Crippen molar-refractivity contribution in [3.8, 4) is 5.75 Å². The zero-order chi connectivity index (χ0) is 15.0. The lowest BCUT2D eigenvalue weighted by atomic mass is 10.0. The molecule has 0 aliphatic heterocycles. The molecule has 1 heterocycles. The summed E-state index contributed by atoms with van der Waals surface area (Å²) in [6.45, 7) is 0. The number of hydrogen-bond donors (Lipinski definition) is 1. The van der Waals surface area contributed by atoms with Crippen LogP contribution in [0.3, 0.4) is 0 Å². The second-order valence-electron chi connectivity index (χ2n) is 5.32. The highest BCUT2D eigenvalue weighted by atomic mass is 19.4. The third-order valence-electron chi connectivity index (χ3n) is 3.85. The van der Waals surface area contributed by atoms with E-state index in [-0.39, 0.29) is 17.2 Å². The van der Waals surface area contributed by atoms with E-state index < -0.39 is 6.36 Å². The number of alkyl halides is 3. The van der Waals surface area contributed by atoms with E-state index in [1.165, 1.54) is 12.1 Å². The van der Waals surface area contributed by atoms with Crippen molar-refractivity contribution in [3.63, 3.8) is 0 Å². The first-order valence-corrected chi connectivity index (χ1v) is 6.89. The highest BCUT2D eigenvalue weighted by molar-refractivity contribution is 5.94. The number of benzene rings is 1. The average molecular weight is 296 g/mol. The van der Waals surface area contributed by atoms with E-state index in [2.05, 4.69) is 9.72 Å². The molecular weight excluding hydrogens is 281 g/mol. The van der Waals surface area contributed by atoms with Gasteiger partial charge in [0.15, 0.2) is 5.75 Å². The first-order valence-electron chi connectivity index (χ1n) is 6.89. The number of nitrogens with two attached hydrogens (primary N) is 1. The van der Waals surface area contributed by atoms with E-state index in [1.54, 1.807) is 12.1 Å². The molecule has 0 saturated heterocycles. The Bertz CT molecular complexity index is 664. The molecule has 0 unspecified atom stereocenters. The molecule has 0 radical (unpaired) electrons. The fraction of sp³-hybridized carbons (Fsp3) is 0.400. The van der Waals surface area contributed by atoms with E-state index in [0.29, 0.717) is 11.1 Å². The molecule has 21 heavy (non-hydrogen) atoms. The van der Waals surface area contributed by atoms with Gasteiger partial charge in [0, 0.05) is 22.7 Å². The number of ether oxygens (including phenoxy) is 1. The highest BCUT2D eigenvalue weighted by Crippen LogP contribution is 2.38. The third kappa shape index (κ3) is 2.89.